The van der Waals surface area contributed by atoms with Crippen molar-refractivity contribution in [2.75, 3.05) is 13.1 Å². The van der Waals surface area contributed by atoms with Crippen molar-refractivity contribution in [3.8, 4) is 0 Å². The Bertz CT molecular complexity index is 251. The highest BCUT2D eigenvalue weighted by Gasteiger charge is 2.40. The van der Waals surface area contributed by atoms with Crippen LogP contribution in [0.5, 0.6) is 0 Å². The molecule has 1 rings (SSSR count). The predicted octanol–water partition coefficient (Wildman–Crippen LogP) is 3.31. The van der Waals surface area contributed by atoms with Gasteiger partial charge in [-0.2, -0.15) is 13.2 Å². The molecule has 0 amide bonds. The Balaban J connectivity index is 2.53. The number of rotatable bonds is 8. The Morgan fingerprint density at radius 3 is 2.22 bits per heavy atom. The first-order valence-electron chi connectivity index (χ1n) is 6.86. The first-order valence-corrected chi connectivity index (χ1v) is 6.86. The summed E-state index contributed by atoms with van der Waals surface area (Å²) in [5, 5.41) is 0. The van der Waals surface area contributed by atoms with E-state index in [0.29, 0.717) is 19.0 Å². The Labute approximate surface area is 108 Å². The normalized spacial score (nSPS) is 20.2. The van der Waals surface area contributed by atoms with Crippen LogP contribution in [-0.4, -0.2) is 35.7 Å². The lowest BCUT2D eigenvalue weighted by molar-refractivity contribution is -0.137. The second kappa shape index (κ2) is 6.24. The van der Waals surface area contributed by atoms with E-state index in [-0.39, 0.29) is 12.0 Å². The van der Waals surface area contributed by atoms with E-state index in [1.54, 1.807) is 0 Å². The number of nitrogens with zero attached hydrogens (tertiary/aromatic N) is 1. The van der Waals surface area contributed by atoms with Crippen LogP contribution in [0.4, 0.5) is 13.2 Å². The van der Waals surface area contributed by atoms with Crippen LogP contribution in [0.1, 0.15) is 52.4 Å². The molecule has 0 aromatic rings. The van der Waals surface area contributed by atoms with E-state index in [1.807, 2.05) is 6.92 Å². The topological polar surface area (TPSA) is 29.3 Å². The highest BCUT2D eigenvalue weighted by molar-refractivity contribution is 4.96. The van der Waals surface area contributed by atoms with Gasteiger partial charge < -0.3 is 5.73 Å². The lowest BCUT2D eigenvalue weighted by Gasteiger charge is -2.41. The molecule has 1 saturated carbocycles. The van der Waals surface area contributed by atoms with Gasteiger partial charge in [-0.1, -0.05) is 6.92 Å². The summed E-state index contributed by atoms with van der Waals surface area (Å²) in [6.07, 6.45) is -0.712. The molecule has 0 aromatic heterocycles. The van der Waals surface area contributed by atoms with E-state index in [2.05, 4.69) is 11.8 Å². The van der Waals surface area contributed by atoms with Gasteiger partial charge in [0.1, 0.15) is 0 Å². The van der Waals surface area contributed by atoms with Crippen LogP contribution in [-0.2, 0) is 0 Å². The van der Waals surface area contributed by atoms with Gasteiger partial charge in [0.2, 0.25) is 0 Å². The lowest BCUT2D eigenvalue weighted by atomic mass is 9.92. The summed E-state index contributed by atoms with van der Waals surface area (Å²) >= 11 is 0. The highest BCUT2D eigenvalue weighted by Crippen LogP contribution is 2.36. The third-order valence-corrected chi connectivity index (χ3v) is 3.76. The molecule has 2 N–H and O–H groups in total. The Morgan fingerprint density at radius 2 is 1.83 bits per heavy atom. The monoisotopic (exact) mass is 266 g/mol. The van der Waals surface area contributed by atoms with Crippen LogP contribution < -0.4 is 5.73 Å². The maximum absolute atomic E-state index is 12.2. The summed E-state index contributed by atoms with van der Waals surface area (Å²) in [6.45, 7) is 5.48. The Hall–Kier alpha value is -0.290. The van der Waals surface area contributed by atoms with E-state index >= 15 is 0 Å². The average molecular weight is 266 g/mol. The maximum atomic E-state index is 12.2. The Kier molecular flexibility index (Phi) is 5.46. The molecule has 2 nitrogen and oxygen atoms in total. The SMILES string of the molecule is CCCN(C1CC1)C(C)(CN)CCCC(F)(F)F. The summed E-state index contributed by atoms with van der Waals surface area (Å²) in [4.78, 5) is 2.34. The van der Waals surface area contributed by atoms with Gasteiger partial charge in [-0.15, -0.1) is 0 Å². The van der Waals surface area contributed by atoms with E-state index in [4.69, 9.17) is 5.73 Å². The van der Waals surface area contributed by atoms with Gasteiger partial charge >= 0.3 is 6.18 Å². The summed E-state index contributed by atoms with van der Waals surface area (Å²) in [6, 6.07) is 0.546. The minimum Gasteiger partial charge on any atom is -0.329 e. The van der Waals surface area contributed by atoms with Crippen molar-refractivity contribution in [3.63, 3.8) is 0 Å². The van der Waals surface area contributed by atoms with Gasteiger partial charge in [-0.25, -0.2) is 0 Å². The molecule has 18 heavy (non-hydrogen) atoms. The number of halogens is 3. The lowest BCUT2D eigenvalue weighted by Crippen LogP contribution is -2.53. The van der Waals surface area contributed by atoms with Crippen molar-refractivity contribution < 1.29 is 13.2 Å². The third kappa shape index (κ3) is 4.76. The van der Waals surface area contributed by atoms with Crippen molar-refractivity contribution >= 4 is 0 Å². The van der Waals surface area contributed by atoms with Crippen LogP contribution in [0.15, 0.2) is 0 Å². The summed E-state index contributed by atoms with van der Waals surface area (Å²) in [5.74, 6) is 0. The number of hydrogen-bond donors (Lipinski definition) is 1. The van der Waals surface area contributed by atoms with Gasteiger partial charge in [-0.05, 0) is 45.6 Å². The van der Waals surface area contributed by atoms with E-state index < -0.39 is 12.6 Å². The molecule has 5 heteroatoms. The van der Waals surface area contributed by atoms with Crippen LogP contribution in [0.3, 0.4) is 0 Å². The zero-order chi connectivity index (χ0) is 13.8. The molecular formula is C13H25F3N2. The van der Waals surface area contributed by atoms with E-state index in [9.17, 15) is 13.2 Å². The maximum Gasteiger partial charge on any atom is 0.389 e. The zero-order valence-electron chi connectivity index (χ0n) is 11.4. The second-order valence-corrected chi connectivity index (χ2v) is 5.59. The molecule has 0 aliphatic heterocycles. The third-order valence-electron chi connectivity index (χ3n) is 3.76. The molecule has 0 saturated heterocycles. The number of hydrogen-bond acceptors (Lipinski definition) is 2. The second-order valence-electron chi connectivity index (χ2n) is 5.59. The van der Waals surface area contributed by atoms with E-state index in [1.165, 1.54) is 0 Å². The molecule has 1 unspecified atom stereocenters. The van der Waals surface area contributed by atoms with E-state index in [0.717, 1.165) is 25.8 Å². The van der Waals surface area contributed by atoms with Crippen LogP contribution in [0.25, 0.3) is 0 Å². The predicted molar refractivity (Wildman–Crippen MR) is 67.4 cm³/mol. The van der Waals surface area contributed by atoms with Gasteiger partial charge in [-0.3, -0.25) is 4.90 Å². The molecular weight excluding hydrogens is 241 g/mol. The molecule has 108 valence electrons. The van der Waals surface area contributed by atoms with Crippen molar-refractivity contribution in [3.05, 3.63) is 0 Å². The molecule has 1 aliphatic carbocycles. The standard InChI is InChI=1S/C13H25F3N2/c1-3-9-18(11-5-6-11)12(2,10-17)7-4-8-13(14,15)16/h11H,3-10,17H2,1-2H3. The summed E-state index contributed by atoms with van der Waals surface area (Å²) < 4.78 is 36.6. The molecule has 1 aliphatic rings. The van der Waals surface area contributed by atoms with Gasteiger partial charge in [0, 0.05) is 24.5 Å². The molecule has 0 spiro atoms. The fourth-order valence-electron chi connectivity index (χ4n) is 2.55. The van der Waals surface area contributed by atoms with Crippen molar-refractivity contribution in [2.24, 2.45) is 5.73 Å². The first kappa shape index (κ1) is 15.8. The molecule has 1 atom stereocenters. The molecule has 0 heterocycles. The van der Waals surface area contributed by atoms with Crippen LogP contribution in [0, 0.1) is 0 Å². The first-order chi connectivity index (χ1) is 8.32. The summed E-state index contributed by atoms with van der Waals surface area (Å²) in [7, 11) is 0. The largest absolute Gasteiger partial charge is 0.389 e. The van der Waals surface area contributed by atoms with Gasteiger partial charge in [0.15, 0.2) is 0 Å². The quantitative estimate of drug-likeness (QED) is 0.730. The van der Waals surface area contributed by atoms with Crippen molar-refractivity contribution in [2.45, 2.75) is 70.1 Å². The van der Waals surface area contributed by atoms with Gasteiger partial charge in [0.25, 0.3) is 0 Å². The zero-order valence-corrected chi connectivity index (χ0v) is 11.4. The van der Waals surface area contributed by atoms with Crippen LogP contribution in [0.2, 0.25) is 0 Å². The Morgan fingerprint density at radius 1 is 1.22 bits per heavy atom. The van der Waals surface area contributed by atoms with Crippen molar-refractivity contribution in [1.82, 2.24) is 4.90 Å². The average Bonchev–Trinajstić information content (AvgIpc) is 3.07. The highest BCUT2D eigenvalue weighted by atomic mass is 19.4. The minimum absolute atomic E-state index is 0.171. The molecule has 0 aromatic carbocycles. The molecule has 0 bridgehead atoms. The molecule has 0 radical (unpaired) electrons. The van der Waals surface area contributed by atoms with Crippen LogP contribution >= 0.6 is 0 Å². The molecule has 1 fully saturated rings. The van der Waals surface area contributed by atoms with Gasteiger partial charge in [0.05, 0.1) is 0 Å². The fourth-order valence-corrected chi connectivity index (χ4v) is 2.55. The van der Waals surface area contributed by atoms with Crippen molar-refractivity contribution in [1.29, 1.82) is 0 Å². The number of alkyl halides is 3. The number of nitrogens with two attached hydrogens (primary N) is 1. The smallest absolute Gasteiger partial charge is 0.329 e. The minimum atomic E-state index is -4.05. The fraction of sp³-hybridized carbons (Fsp3) is 1.00. The summed E-state index contributed by atoms with van der Waals surface area (Å²) in [5.41, 5.74) is 5.56.